The molecule has 1 rings (SSSR count). The molecule has 1 aromatic heterocycles. The van der Waals surface area contributed by atoms with Gasteiger partial charge in [0.05, 0.1) is 9.92 Å². The minimum atomic E-state index is 0.957. The molecular weight excluding hydrogens is 214 g/mol. The highest BCUT2D eigenvalue weighted by atomic mass is 32.2. The third kappa shape index (κ3) is 2.12. The van der Waals surface area contributed by atoms with Crippen molar-refractivity contribution in [2.45, 2.75) is 25.0 Å². The minimum Gasteiger partial charge on any atom is -0.399 e. The highest BCUT2D eigenvalue weighted by Gasteiger charge is 2.14. The first-order valence-electron chi connectivity index (χ1n) is 4.34. The van der Waals surface area contributed by atoms with E-state index in [2.05, 4.69) is 25.3 Å². The lowest BCUT2D eigenvalue weighted by Crippen LogP contribution is -1.97. The van der Waals surface area contributed by atoms with Gasteiger partial charge in [0.2, 0.25) is 0 Å². The first kappa shape index (κ1) is 11.6. The van der Waals surface area contributed by atoms with E-state index in [4.69, 9.17) is 4.84 Å². The van der Waals surface area contributed by atoms with Gasteiger partial charge in [-0.15, -0.1) is 23.1 Å². The van der Waals surface area contributed by atoms with Crippen molar-refractivity contribution >= 4 is 28.8 Å². The summed E-state index contributed by atoms with van der Waals surface area (Å²) in [6.45, 7) is 6.26. The smallest absolute Gasteiger partial charge is 0.106 e. The zero-order valence-corrected chi connectivity index (χ0v) is 10.8. The van der Waals surface area contributed by atoms with E-state index < -0.39 is 0 Å². The Bertz CT molecular complexity index is 355. The molecule has 0 radical (unpaired) electrons. The van der Waals surface area contributed by atoms with Crippen molar-refractivity contribution in [1.82, 2.24) is 0 Å². The van der Waals surface area contributed by atoms with Crippen LogP contribution in [-0.4, -0.2) is 19.1 Å². The third-order valence-corrected chi connectivity index (χ3v) is 4.46. The minimum absolute atomic E-state index is 0.957. The van der Waals surface area contributed by atoms with Crippen LogP contribution in [0.25, 0.3) is 0 Å². The van der Waals surface area contributed by atoms with Crippen molar-refractivity contribution in [2.24, 2.45) is 5.16 Å². The molecule has 78 valence electrons. The Hall–Kier alpha value is -0.480. The molecule has 0 aliphatic rings. The average Bonchev–Trinajstić information content (AvgIpc) is 2.43. The zero-order chi connectivity index (χ0) is 10.7. The Morgan fingerprint density at radius 3 is 2.57 bits per heavy atom. The van der Waals surface area contributed by atoms with Crippen LogP contribution in [-0.2, 0) is 4.84 Å². The number of aryl methyl sites for hydroxylation is 1. The Kier molecular flexibility index (Phi) is 4.01. The Morgan fingerprint density at radius 2 is 2.07 bits per heavy atom. The van der Waals surface area contributed by atoms with E-state index in [1.807, 2.05) is 18.3 Å². The van der Waals surface area contributed by atoms with Crippen LogP contribution < -0.4 is 0 Å². The maximum Gasteiger partial charge on any atom is 0.106 e. The molecular formula is C10H15NOS2. The van der Waals surface area contributed by atoms with Crippen molar-refractivity contribution in [3.05, 3.63) is 16.0 Å². The highest BCUT2D eigenvalue weighted by molar-refractivity contribution is 8.00. The summed E-state index contributed by atoms with van der Waals surface area (Å²) in [4.78, 5) is 6.16. The first-order valence-corrected chi connectivity index (χ1v) is 6.38. The van der Waals surface area contributed by atoms with E-state index in [-0.39, 0.29) is 0 Å². The maximum absolute atomic E-state index is 4.81. The number of thioether (sulfide) groups is 1. The molecule has 0 spiro atoms. The molecule has 0 amide bonds. The van der Waals surface area contributed by atoms with Gasteiger partial charge in [-0.05, 0) is 32.6 Å². The van der Waals surface area contributed by atoms with Gasteiger partial charge in [0, 0.05) is 10.4 Å². The lowest BCUT2D eigenvalue weighted by atomic mass is 10.1. The standard InChI is InChI=1S/C10H15NOS2/c1-6-8(3)14-10(13-5)9(6)7(2)11-12-4/h1-5H3. The molecule has 0 bridgehead atoms. The molecule has 2 nitrogen and oxygen atoms in total. The fraction of sp³-hybridized carbons (Fsp3) is 0.500. The summed E-state index contributed by atoms with van der Waals surface area (Å²) in [5, 5.41) is 3.99. The van der Waals surface area contributed by atoms with Gasteiger partial charge in [0.15, 0.2) is 0 Å². The fourth-order valence-corrected chi connectivity index (χ4v) is 3.49. The van der Waals surface area contributed by atoms with Crippen molar-refractivity contribution in [3.8, 4) is 0 Å². The van der Waals surface area contributed by atoms with Crippen LogP contribution in [0.15, 0.2) is 9.36 Å². The summed E-state index contributed by atoms with van der Waals surface area (Å²) in [5.74, 6) is 0. The van der Waals surface area contributed by atoms with Crippen LogP contribution in [0.2, 0.25) is 0 Å². The molecule has 0 aliphatic carbocycles. The van der Waals surface area contributed by atoms with Gasteiger partial charge in [0.1, 0.15) is 7.11 Å². The quantitative estimate of drug-likeness (QED) is 0.450. The van der Waals surface area contributed by atoms with Crippen molar-refractivity contribution in [2.75, 3.05) is 13.4 Å². The summed E-state index contributed by atoms with van der Waals surface area (Å²) in [6, 6.07) is 0. The van der Waals surface area contributed by atoms with Gasteiger partial charge in [-0.3, -0.25) is 0 Å². The molecule has 0 atom stereocenters. The number of hydrogen-bond donors (Lipinski definition) is 0. The van der Waals surface area contributed by atoms with Crippen LogP contribution in [0.1, 0.15) is 22.9 Å². The van der Waals surface area contributed by atoms with E-state index >= 15 is 0 Å². The molecule has 0 saturated heterocycles. The van der Waals surface area contributed by atoms with Crippen LogP contribution in [0, 0.1) is 13.8 Å². The van der Waals surface area contributed by atoms with Gasteiger partial charge in [-0.1, -0.05) is 5.16 Å². The molecule has 1 heterocycles. The van der Waals surface area contributed by atoms with E-state index in [1.165, 1.54) is 20.2 Å². The average molecular weight is 229 g/mol. The van der Waals surface area contributed by atoms with Gasteiger partial charge < -0.3 is 4.84 Å². The van der Waals surface area contributed by atoms with Gasteiger partial charge in [-0.25, -0.2) is 0 Å². The monoisotopic (exact) mass is 229 g/mol. The Balaban J connectivity index is 3.24. The van der Waals surface area contributed by atoms with Crippen molar-refractivity contribution in [3.63, 3.8) is 0 Å². The molecule has 1 aromatic rings. The Morgan fingerprint density at radius 1 is 1.43 bits per heavy atom. The molecule has 4 heteroatoms. The van der Waals surface area contributed by atoms with Gasteiger partial charge >= 0.3 is 0 Å². The number of hydrogen-bond acceptors (Lipinski definition) is 4. The van der Waals surface area contributed by atoms with Gasteiger partial charge in [0.25, 0.3) is 0 Å². The van der Waals surface area contributed by atoms with E-state index in [0.717, 1.165) is 5.71 Å². The second-order valence-corrected chi connectivity index (χ2v) is 5.31. The molecule has 0 aliphatic heterocycles. The second-order valence-electron chi connectivity index (χ2n) is 3.01. The lowest BCUT2D eigenvalue weighted by Gasteiger charge is -2.01. The SMILES string of the molecule is CON=C(C)c1c(SC)sc(C)c1C. The maximum atomic E-state index is 4.81. The summed E-state index contributed by atoms with van der Waals surface area (Å²) < 4.78 is 1.32. The van der Waals surface area contributed by atoms with Crippen molar-refractivity contribution < 1.29 is 4.84 Å². The van der Waals surface area contributed by atoms with E-state index in [0.29, 0.717) is 0 Å². The molecule has 14 heavy (non-hydrogen) atoms. The molecule has 0 aromatic carbocycles. The molecule has 0 N–H and O–H groups in total. The number of nitrogens with zero attached hydrogens (tertiary/aromatic N) is 1. The summed E-state index contributed by atoms with van der Waals surface area (Å²) in [7, 11) is 1.58. The number of rotatable bonds is 3. The number of oxime groups is 1. The fourth-order valence-electron chi connectivity index (χ4n) is 1.34. The van der Waals surface area contributed by atoms with Crippen LogP contribution in [0.5, 0.6) is 0 Å². The van der Waals surface area contributed by atoms with Crippen molar-refractivity contribution in [1.29, 1.82) is 0 Å². The molecule has 0 unspecified atom stereocenters. The largest absolute Gasteiger partial charge is 0.399 e. The predicted molar refractivity (Wildman–Crippen MR) is 64.8 cm³/mol. The van der Waals surface area contributed by atoms with E-state index in [1.54, 1.807) is 18.9 Å². The third-order valence-electron chi connectivity index (χ3n) is 2.13. The van der Waals surface area contributed by atoms with Gasteiger partial charge in [-0.2, -0.15) is 0 Å². The molecule has 0 fully saturated rings. The second kappa shape index (κ2) is 4.84. The lowest BCUT2D eigenvalue weighted by molar-refractivity contribution is 0.213. The number of thiophene rings is 1. The van der Waals surface area contributed by atoms with E-state index in [9.17, 15) is 0 Å². The normalized spacial score (nSPS) is 11.9. The Labute approximate surface area is 93.3 Å². The molecule has 0 saturated carbocycles. The van der Waals surface area contributed by atoms with Crippen LogP contribution in [0.3, 0.4) is 0 Å². The summed E-state index contributed by atoms with van der Waals surface area (Å²) in [6.07, 6.45) is 2.09. The zero-order valence-electron chi connectivity index (χ0n) is 9.17. The highest BCUT2D eigenvalue weighted by Crippen LogP contribution is 2.34. The van der Waals surface area contributed by atoms with Crippen LogP contribution >= 0.6 is 23.1 Å². The topological polar surface area (TPSA) is 21.6 Å². The summed E-state index contributed by atoms with van der Waals surface area (Å²) in [5.41, 5.74) is 3.51. The van der Waals surface area contributed by atoms with Crippen LogP contribution in [0.4, 0.5) is 0 Å². The summed E-state index contributed by atoms with van der Waals surface area (Å²) >= 11 is 3.59. The first-order chi connectivity index (χ1) is 6.61. The predicted octanol–water partition coefficient (Wildman–Crippen LogP) is 3.46.